The second-order valence-electron chi connectivity index (χ2n) is 4.40. The first-order valence-electron chi connectivity index (χ1n) is 6.61. The maximum Gasteiger partial charge on any atom is 0.144 e. The summed E-state index contributed by atoms with van der Waals surface area (Å²) < 4.78 is 12.3. The van der Waals surface area contributed by atoms with Crippen molar-refractivity contribution in [3.8, 4) is 0 Å². The topological polar surface area (TPSA) is 47.1 Å². The molecule has 0 radical (unpaired) electrons. The summed E-state index contributed by atoms with van der Waals surface area (Å²) in [5, 5.41) is 0. The van der Waals surface area contributed by atoms with Crippen LogP contribution in [0.5, 0.6) is 0 Å². The minimum Gasteiger partial charge on any atom is -0.378 e. The van der Waals surface area contributed by atoms with Crippen molar-refractivity contribution in [2.75, 3.05) is 13.7 Å². The molecule has 1 heterocycles. The first-order chi connectivity index (χ1) is 10.2. The average molecular weight is 369 g/mol. The Balaban J connectivity index is 2.48. The van der Waals surface area contributed by atoms with Gasteiger partial charge in [0.05, 0.1) is 16.8 Å². The third-order valence-corrected chi connectivity index (χ3v) is 4.34. The number of benzene rings is 1. The molecule has 2 rings (SSSR count). The molecule has 1 N–H and O–H groups in total. The molecule has 0 aliphatic heterocycles. The van der Waals surface area contributed by atoms with Gasteiger partial charge in [0, 0.05) is 13.7 Å². The predicted molar refractivity (Wildman–Crippen MR) is 87.7 cm³/mol. The number of H-pyrrole nitrogens is 1. The van der Waals surface area contributed by atoms with Crippen molar-refractivity contribution >= 4 is 28.1 Å². The minimum absolute atomic E-state index is 0.276. The van der Waals surface area contributed by atoms with Crippen molar-refractivity contribution in [1.82, 2.24) is 9.97 Å². The Morgan fingerprint density at radius 1 is 1.33 bits per heavy atom. The van der Waals surface area contributed by atoms with Crippen LogP contribution in [0.25, 0.3) is 0 Å². The highest BCUT2D eigenvalue weighted by Crippen LogP contribution is 2.26. The first-order valence-corrected chi connectivity index (χ1v) is 7.81. The van der Waals surface area contributed by atoms with Crippen LogP contribution in [0.3, 0.4) is 0 Å². The van der Waals surface area contributed by atoms with Gasteiger partial charge in [-0.15, -0.1) is 0 Å². The first kappa shape index (κ1) is 16.3. The van der Waals surface area contributed by atoms with Crippen LogP contribution in [0, 0.1) is 4.64 Å². The van der Waals surface area contributed by atoms with Crippen LogP contribution in [-0.4, -0.2) is 23.7 Å². The zero-order valence-corrected chi connectivity index (χ0v) is 14.3. The van der Waals surface area contributed by atoms with E-state index >= 15 is 0 Å². The van der Waals surface area contributed by atoms with Gasteiger partial charge in [0.25, 0.3) is 0 Å². The third-order valence-electron chi connectivity index (χ3n) is 2.93. The summed E-state index contributed by atoms with van der Waals surface area (Å²) in [6.45, 7) is 2.96. The molecule has 1 aromatic heterocycles. The lowest BCUT2D eigenvalue weighted by Gasteiger charge is -2.18. The van der Waals surface area contributed by atoms with E-state index in [2.05, 4.69) is 25.9 Å². The highest BCUT2D eigenvalue weighted by Gasteiger charge is 2.18. The smallest absolute Gasteiger partial charge is 0.144 e. The number of halogens is 1. The summed E-state index contributed by atoms with van der Waals surface area (Å²) >= 11 is 8.75. The third kappa shape index (κ3) is 3.97. The predicted octanol–water partition coefficient (Wildman–Crippen LogP) is 4.17. The number of rotatable bonds is 6. The fourth-order valence-corrected chi connectivity index (χ4v) is 2.54. The van der Waals surface area contributed by atoms with Crippen molar-refractivity contribution < 1.29 is 9.47 Å². The highest BCUT2D eigenvalue weighted by molar-refractivity contribution is 9.10. The molecule has 0 aliphatic carbocycles. The molecule has 6 heteroatoms. The lowest BCUT2D eigenvalue weighted by atomic mass is 10.1. The molecule has 112 valence electrons. The van der Waals surface area contributed by atoms with Gasteiger partial charge >= 0.3 is 0 Å². The van der Waals surface area contributed by atoms with E-state index < -0.39 is 0 Å². The molecule has 4 nitrogen and oxygen atoms in total. The van der Waals surface area contributed by atoms with E-state index in [1.165, 1.54) is 0 Å². The van der Waals surface area contributed by atoms with Gasteiger partial charge in [0.1, 0.15) is 16.6 Å². The summed E-state index contributed by atoms with van der Waals surface area (Å²) in [4.78, 5) is 7.71. The Morgan fingerprint density at radius 2 is 2.05 bits per heavy atom. The van der Waals surface area contributed by atoms with E-state index in [1.807, 2.05) is 37.3 Å². The normalized spacial score (nSPS) is 12.3. The fourth-order valence-electron chi connectivity index (χ4n) is 2.02. The Kier molecular flexibility index (Phi) is 6.05. The van der Waals surface area contributed by atoms with E-state index in [1.54, 1.807) is 7.11 Å². The molecule has 1 aromatic carbocycles. The standard InChI is InChI=1S/C15H17BrN2O2S/c1-3-20-13(10-7-5-4-6-8-10)14-17-11(9-19-2)12(16)15(21)18-14/h4-8,13H,3,9H2,1-2H3,(H,17,18,21). The summed E-state index contributed by atoms with van der Waals surface area (Å²) in [5.41, 5.74) is 1.89. The van der Waals surface area contributed by atoms with Crippen molar-refractivity contribution in [1.29, 1.82) is 0 Å². The Bertz CT molecular complexity index is 646. The molecule has 0 bridgehead atoms. The number of hydrogen-bond acceptors (Lipinski definition) is 4. The number of aromatic nitrogens is 2. The molecule has 0 fully saturated rings. The molecule has 1 atom stereocenters. The number of nitrogens with zero attached hydrogens (tertiary/aromatic N) is 1. The largest absolute Gasteiger partial charge is 0.378 e. The van der Waals surface area contributed by atoms with Crippen LogP contribution in [-0.2, 0) is 16.1 Å². The van der Waals surface area contributed by atoms with Crippen LogP contribution in [0.1, 0.15) is 30.1 Å². The SMILES string of the molecule is CCOC(c1ccccc1)c1nc(=S)c(Br)c(COC)[nH]1. The molecule has 0 saturated heterocycles. The minimum atomic E-state index is -0.276. The molecule has 2 aromatic rings. The van der Waals surface area contributed by atoms with Gasteiger partial charge in [0.2, 0.25) is 0 Å². The summed E-state index contributed by atoms with van der Waals surface area (Å²) in [6, 6.07) is 9.95. The summed E-state index contributed by atoms with van der Waals surface area (Å²) in [6.07, 6.45) is -0.276. The van der Waals surface area contributed by atoms with Crippen LogP contribution in [0.2, 0.25) is 0 Å². The van der Waals surface area contributed by atoms with E-state index in [0.717, 1.165) is 15.7 Å². The molecule has 0 amide bonds. The number of aromatic amines is 1. The van der Waals surface area contributed by atoms with Crippen LogP contribution in [0.4, 0.5) is 0 Å². The van der Waals surface area contributed by atoms with Crippen LogP contribution in [0.15, 0.2) is 34.8 Å². The van der Waals surface area contributed by atoms with E-state index in [-0.39, 0.29) is 6.10 Å². The number of nitrogens with one attached hydrogen (secondary N) is 1. The molecular weight excluding hydrogens is 352 g/mol. The quantitative estimate of drug-likeness (QED) is 0.777. The van der Waals surface area contributed by atoms with Gasteiger partial charge in [-0.3, -0.25) is 0 Å². The van der Waals surface area contributed by atoms with Crippen molar-refractivity contribution in [3.05, 3.63) is 56.5 Å². The molecule has 0 aliphatic rings. The number of methoxy groups -OCH3 is 1. The van der Waals surface area contributed by atoms with Gasteiger partial charge in [-0.05, 0) is 28.4 Å². The Labute approximate surface area is 137 Å². The fraction of sp³-hybridized carbons (Fsp3) is 0.333. The second-order valence-corrected chi connectivity index (χ2v) is 5.58. The van der Waals surface area contributed by atoms with E-state index in [4.69, 9.17) is 21.7 Å². The average Bonchev–Trinajstić information content (AvgIpc) is 2.50. The van der Waals surface area contributed by atoms with Gasteiger partial charge in [-0.2, -0.15) is 0 Å². The van der Waals surface area contributed by atoms with Crippen LogP contribution < -0.4 is 0 Å². The maximum atomic E-state index is 5.85. The molecule has 21 heavy (non-hydrogen) atoms. The van der Waals surface area contributed by atoms with Crippen molar-refractivity contribution in [2.24, 2.45) is 0 Å². The van der Waals surface area contributed by atoms with Crippen molar-refractivity contribution in [2.45, 2.75) is 19.6 Å². The zero-order valence-electron chi connectivity index (χ0n) is 11.9. The summed E-state index contributed by atoms with van der Waals surface area (Å²) in [5.74, 6) is 0.684. The van der Waals surface area contributed by atoms with E-state index in [9.17, 15) is 0 Å². The van der Waals surface area contributed by atoms with E-state index in [0.29, 0.717) is 23.7 Å². The van der Waals surface area contributed by atoms with Gasteiger partial charge in [-0.25, -0.2) is 4.98 Å². The zero-order chi connectivity index (χ0) is 15.2. The van der Waals surface area contributed by atoms with Gasteiger partial charge in [0.15, 0.2) is 0 Å². The molecule has 1 unspecified atom stereocenters. The lowest BCUT2D eigenvalue weighted by molar-refractivity contribution is 0.0842. The van der Waals surface area contributed by atoms with Crippen LogP contribution >= 0.6 is 28.1 Å². The summed E-state index contributed by atoms with van der Waals surface area (Å²) in [7, 11) is 1.64. The highest BCUT2D eigenvalue weighted by atomic mass is 79.9. The number of ether oxygens (including phenoxy) is 2. The Morgan fingerprint density at radius 3 is 2.67 bits per heavy atom. The Hall–Kier alpha value is -1.08. The molecular formula is C15H17BrN2O2S. The number of hydrogen-bond donors (Lipinski definition) is 1. The van der Waals surface area contributed by atoms with Crippen molar-refractivity contribution in [3.63, 3.8) is 0 Å². The van der Waals surface area contributed by atoms with Gasteiger partial charge in [-0.1, -0.05) is 42.5 Å². The second kappa shape index (κ2) is 7.79. The lowest BCUT2D eigenvalue weighted by Crippen LogP contribution is -2.12. The monoisotopic (exact) mass is 368 g/mol. The molecule has 0 spiro atoms. The van der Waals surface area contributed by atoms with Gasteiger partial charge < -0.3 is 14.5 Å². The maximum absolute atomic E-state index is 5.85. The molecule has 0 saturated carbocycles.